The van der Waals surface area contributed by atoms with Gasteiger partial charge >= 0.3 is 0 Å². The minimum Gasteiger partial charge on any atom is -0.455 e. The lowest BCUT2D eigenvalue weighted by Crippen LogP contribution is -2.06. The van der Waals surface area contributed by atoms with Crippen LogP contribution < -0.4 is 0 Å². The second-order valence-corrected chi connectivity index (χ2v) is 19.1. The molecule has 0 fully saturated rings. The van der Waals surface area contributed by atoms with Crippen LogP contribution in [0.25, 0.3) is 93.9 Å². The molecule has 13 aromatic rings. The van der Waals surface area contributed by atoms with Gasteiger partial charge in [0.15, 0.2) is 0 Å². The van der Waals surface area contributed by atoms with Crippen LogP contribution in [0.15, 0.2) is 265 Å². The molecule has 0 saturated heterocycles. The Morgan fingerprint density at radius 1 is 0.394 bits per heavy atom. The molecule has 71 heavy (non-hydrogen) atoms. The van der Waals surface area contributed by atoms with Gasteiger partial charge in [-0.15, -0.1) is 0 Å². The summed E-state index contributed by atoms with van der Waals surface area (Å²) in [5.74, 6) is 0.266. The van der Waals surface area contributed by atoms with Gasteiger partial charge in [-0.3, -0.25) is 0 Å². The Balaban J connectivity index is 0.899. The summed E-state index contributed by atoms with van der Waals surface area (Å²) in [4.78, 5) is 0. The third-order valence-corrected chi connectivity index (χ3v) is 15.1. The van der Waals surface area contributed by atoms with E-state index in [-0.39, 0.29) is 11.8 Å². The maximum Gasteiger partial charge on any atom is 0.143 e. The fourth-order valence-electron chi connectivity index (χ4n) is 11.8. The van der Waals surface area contributed by atoms with Crippen molar-refractivity contribution in [3.05, 3.63) is 294 Å². The van der Waals surface area contributed by atoms with Gasteiger partial charge in [-0.2, -0.15) is 0 Å². The first-order chi connectivity index (χ1) is 35.2. The molecule has 2 heterocycles. The predicted molar refractivity (Wildman–Crippen MR) is 296 cm³/mol. The van der Waals surface area contributed by atoms with Crippen molar-refractivity contribution in [1.82, 2.24) is 4.57 Å². The molecular formula is C69H47NO. The molecule has 14 rings (SSSR count). The molecule has 334 valence electrons. The maximum absolute atomic E-state index is 7.02. The van der Waals surface area contributed by atoms with Crippen LogP contribution in [-0.4, -0.2) is 4.57 Å². The molecule has 0 N–H and O–H groups in total. The van der Waals surface area contributed by atoms with Crippen molar-refractivity contribution in [3.8, 4) is 50.2 Å². The lowest BCUT2D eigenvalue weighted by atomic mass is 9.82. The SMILES string of the molecule is c1ccc(-c2ccc(CC(c3ccc(-c4ccc5c(c4)-c4ccccc4C5c4ccccc4)cc3)c3ccc(-c4ccc5c(c4)c4ccccc4n5-c4ccccc4)c4oc5ccccc5c34)cc2)cc1. The van der Waals surface area contributed by atoms with Gasteiger partial charge in [-0.1, -0.05) is 218 Å². The number of fused-ring (bicyclic) bond motifs is 9. The summed E-state index contributed by atoms with van der Waals surface area (Å²) in [5, 5.41) is 4.75. The monoisotopic (exact) mass is 905 g/mol. The predicted octanol–water partition coefficient (Wildman–Crippen LogP) is 18.2. The Hall–Kier alpha value is -8.98. The van der Waals surface area contributed by atoms with E-state index in [1.165, 1.54) is 94.0 Å². The summed E-state index contributed by atoms with van der Waals surface area (Å²) < 4.78 is 9.40. The first-order valence-electron chi connectivity index (χ1n) is 24.8. The summed E-state index contributed by atoms with van der Waals surface area (Å²) >= 11 is 0. The van der Waals surface area contributed by atoms with Gasteiger partial charge in [0, 0.05) is 44.6 Å². The van der Waals surface area contributed by atoms with Crippen LogP contribution >= 0.6 is 0 Å². The minimum absolute atomic E-state index is 0.0361. The summed E-state index contributed by atoms with van der Waals surface area (Å²) in [6, 6.07) is 95.8. The van der Waals surface area contributed by atoms with Crippen LogP contribution in [0.5, 0.6) is 0 Å². The van der Waals surface area contributed by atoms with Gasteiger partial charge in [-0.05, 0) is 121 Å². The van der Waals surface area contributed by atoms with E-state index in [1.807, 2.05) is 0 Å². The van der Waals surface area contributed by atoms with Crippen molar-refractivity contribution in [1.29, 1.82) is 0 Å². The second kappa shape index (κ2) is 16.9. The quantitative estimate of drug-likeness (QED) is 0.141. The molecule has 0 aliphatic heterocycles. The van der Waals surface area contributed by atoms with Crippen LogP contribution in [0, 0.1) is 0 Å². The number of rotatable bonds is 9. The number of hydrogen-bond acceptors (Lipinski definition) is 1. The lowest BCUT2D eigenvalue weighted by molar-refractivity contribution is 0.669. The number of furan rings is 1. The molecule has 2 nitrogen and oxygen atoms in total. The largest absolute Gasteiger partial charge is 0.455 e. The van der Waals surface area contributed by atoms with Crippen LogP contribution in [0.1, 0.15) is 45.2 Å². The van der Waals surface area contributed by atoms with Crippen molar-refractivity contribution in [3.63, 3.8) is 0 Å². The van der Waals surface area contributed by atoms with Crippen molar-refractivity contribution < 1.29 is 4.42 Å². The zero-order chi connectivity index (χ0) is 46.8. The number of para-hydroxylation sites is 3. The molecule has 0 spiro atoms. The molecule has 2 atom stereocenters. The Bertz CT molecular complexity index is 4110. The number of hydrogen-bond donors (Lipinski definition) is 0. The number of aromatic nitrogens is 1. The number of benzene rings is 11. The lowest BCUT2D eigenvalue weighted by Gasteiger charge is -2.21. The molecule has 0 bridgehead atoms. The second-order valence-electron chi connectivity index (χ2n) is 19.1. The molecule has 0 saturated carbocycles. The van der Waals surface area contributed by atoms with E-state index in [0.29, 0.717) is 0 Å². The molecule has 1 aliphatic rings. The van der Waals surface area contributed by atoms with E-state index < -0.39 is 0 Å². The van der Waals surface area contributed by atoms with Gasteiger partial charge in [-0.25, -0.2) is 0 Å². The van der Waals surface area contributed by atoms with E-state index in [0.717, 1.165) is 39.8 Å². The van der Waals surface area contributed by atoms with E-state index in [1.54, 1.807) is 0 Å². The highest BCUT2D eigenvalue weighted by Crippen LogP contribution is 2.50. The van der Waals surface area contributed by atoms with Gasteiger partial charge < -0.3 is 8.98 Å². The standard InChI is InChI=1S/C69H47NO/c1-4-16-46(17-5-1)47-30-28-45(29-31-47)42-61(49-34-32-48(33-35-49)51-36-38-59-62(43-51)55-22-10-11-24-57(55)67(59)50-18-6-2-7-19-50)58-40-39-54(69-68(58)60-25-13-15-27-66(60)71-69)52-37-41-65-63(44-52)56-23-12-14-26-64(56)70(65)53-20-8-3-9-21-53/h1-41,43-44,61,67H,42H2. The average Bonchev–Trinajstić information content (AvgIpc) is 4.11. The summed E-state index contributed by atoms with van der Waals surface area (Å²) in [5.41, 5.74) is 23.0. The van der Waals surface area contributed by atoms with Gasteiger partial charge in [0.25, 0.3) is 0 Å². The highest BCUT2D eigenvalue weighted by Gasteiger charge is 2.30. The van der Waals surface area contributed by atoms with Crippen molar-refractivity contribution in [2.75, 3.05) is 0 Å². The normalized spacial score (nSPS) is 13.5. The molecule has 2 unspecified atom stereocenters. The molecule has 0 radical (unpaired) electrons. The van der Waals surface area contributed by atoms with E-state index in [2.05, 4.69) is 265 Å². The Labute approximate surface area is 413 Å². The third-order valence-electron chi connectivity index (χ3n) is 15.1. The molecule has 1 aliphatic carbocycles. The van der Waals surface area contributed by atoms with Crippen LogP contribution in [0.2, 0.25) is 0 Å². The molecule has 2 aromatic heterocycles. The summed E-state index contributed by atoms with van der Waals surface area (Å²) in [6.45, 7) is 0. The highest BCUT2D eigenvalue weighted by atomic mass is 16.3. The van der Waals surface area contributed by atoms with Crippen molar-refractivity contribution in [2.45, 2.75) is 18.3 Å². The van der Waals surface area contributed by atoms with Crippen LogP contribution in [0.4, 0.5) is 0 Å². The highest BCUT2D eigenvalue weighted by molar-refractivity contribution is 6.14. The first-order valence-corrected chi connectivity index (χ1v) is 24.8. The fraction of sp³-hybridized carbons (Fsp3) is 0.0435. The van der Waals surface area contributed by atoms with E-state index >= 15 is 0 Å². The van der Waals surface area contributed by atoms with Gasteiger partial charge in [0.05, 0.1) is 11.0 Å². The maximum atomic E-state index is 7.02. The Morgan fingerprint density at radius 2 is 1.00 bits per heavy atom. The molecule has 0 amide bonds. The topological polar surface area (TPSA) is 18.1 Å². The Kier molecular flexibility index (Phi) is 9.77. The first kappa shape index (κ1) is 41.0. The van der Waals surface area contributed by atoms with Crippen LogP contribution in [-0.2, 0) is 6.42 Å². The Morgan fingerprint density at radius 3 is 1.82 bits per heavy atom. The van der Waals surface area contributed by atoms with Gasteiger partial charge in [0.2, 0.25) is 0 Å². The molecular weight excluding hydrogens is 859 g/mol. The zero-order valence-electron chi connectivity index (χ0n) is 39.0. The molecule has 11 aromatic carbocycles. The fourth-order valence-corrected chi connectivity index (χ4v) is 11.8. The summed E-state index contributed by atoms with van der Waals surface area (Å²) in [6.07, 6.45) is 0.823. The summed E-state index contributed by atoms with van der Waals surface area (Å²) in [7, 11) is 0. The van der Waals surface area contributed by atoms with Crippen molar-refractivity contribution in [2.24, 2.45) is 0 Å². The zero-order valence-corrected chi connectivity index (χ0v) is 39.0. The van der Waals surface area contributed by atoms with E-state index in [4.69, 9.17) is 4.42 Å². The van der Waals surface area contributed by atoms with Gasteiger partial charge in [0.1, 0.15) is 11.2 Å². The van der Waals surface area contributed by atoms with Crippen molar-refractivity contribution >= 4 is 43.7 Å². The molecule has 2 heteroatoms. The third kappa shape index (κ3) is 6.94. The van der Waals surface area contributed by atoms with Crippen LogP contribution in [0.3, 0.4) is 0 Å². The minimum atomic E-state index is 0.0361. The average molecular weight is 906 g/mol. The van der Waals surface area contributed by atoms with E-state index in [9.17, 15) is 0 Å². The smallest absolute Gasteiger partial charge is 0.143 e. The number of nitrogens with zero attached hydrogens (tertiary/aromatic N) is 1.